The molecule has 1 fully saturated rings. The number of nitrogens with one attached hydrogen (secondary N) is 1. The molecule has 1 nitrogen and oxygen atoms in total. The Kier molecular flexibility index (Phi) is 0.599. The Morgan fingerprint density at radius 1 is 2.00 bits per heavy atom. The van der Waals surface area contributed by atoms with Gasteiger partial charge in [0.05, 0.1) is 0 Å². The van der Waals surface area contributed by atoms with Gasteiger partial charge in [-0.3, -0.25) is 0 Å². The van der Waals surface area contributed by atoms with Crippen LogP contribution in [0.5, 0.6) is 0 Å². The Bertz CT molecular complexity index is 25.2. The SMILES string of the molecule is CI1CN1. The molecular formula is C2H6IN. The van der Waals surface area contributed by atoms with E-state index in [0.717, 1.165) is 0 Å². The molecule has 0 aromatic rings. The van der Waals surface area contributed by atoms with E-state index in [4.69, 9.17) is 0 Å². The van der Waals surface area contributed by atoms with E-state index in [0.29, 0.717) is 0 Å². The van der Waals surface area contributed by atoms with Crippen LogP contribution in [-0.2, 0) is 0 Å². The van der Waals surface area contributed by atoms with Gasteiger partial charge in [0.15, 0.2) is 0 Å². The Morgan fingerprint density at radius 3 is 2.25 bits per heavy atom. The first-order chi connectivity index (χ1) is 1.89. The van der Waals surface area contributed by atoms with Crippen LogP contribution in [0.2, 0.25) is 0 Å². The monoisotopic (exact) mass is 171 g/mol. The summed E-state index contributed by atoms with van der Waals surface area (Å²) < 4.78 is 4.65. The third-order valence-electron chi connectivity index (χ3n) is 0.401. The van der Waals surface area contributed by atoms with Crippen LogP contribution in [0.4, 0.5) is 0 Å². The Hall–Kier alpha value is 0.690. The molecule has 0 saturated carbocycles. The van der Waals surface area contributed by atoms with Crippen molar-refractivity contribution in [2.75, 3.05) is 9.48 Å². The maximum atomic E-state index is 3.25. The van der Waals surface area contributed by atoms with Crippen molar-refractivity contribution in [3.8, 4) is 0 Å². The predicted octanol–water partition coefficient (Wildman–Crippen LogP) is 0.598. The van der Waals surface area contributed by atoms with Gasteiger partial charge in [0.1, 0.15) is 0 Å². The van der Waals surface area contributed by atoms with Crippen molar-refractivity contribution in [2.45, 2.75) is 0 Å². The van der Waals surface area contributed by atoms with Crippen LogP contribution < -0.4 is 3.53 Å². The molecule has 0 bridgehead atoms. The van der Waals surface area contributed by atoms with Crippen LogP contribution in [0.25, 0.3) is 0 Å². The van der Waals surface area contributed by atoms with Gasteiger partial charge >= 0.3 is 33.1 Å². The van der Waals surface area contributed by atoms with E-state index in [9.17, 15) is 0 Å². The predicted molar refractivity (Wildman–Crippen MR) is 27.9 cm³/mol. The van der Waals surface area contributed by atoms with Gasteiger partial charge in [0, 0.05) is 0 Å². The zero-order chi connectivity index (χ0) is 2.99. The van der Waals surface area contributed by atoms with E-state index >= 15 is 0 Å². The standard InChI is InChI=1S/C2H6IN/c1-3-2-4-3/h4H,2H2,1H3. The number of hydrogen-bond acceptors (Lipinski definition) is 1. The molecular weight excluding hydrogens is 165 g/mol. The zero-order valence-corrected chi connectivity index (χ0v) is 4.74. The van der Waals surface area contributed by atoms with Gasteiger partial charge in [-0.05, 0) is 0 Å². The summed E-state index contributed by atoms with van der Waals surface area (Å²) in [6.45, 7) is 0. The number of alkyl halides is 2. The Morgan fingerprint density at radius 2 is 2.25 bits per heavy atom. The van der Waals surface area contributed by atoms with Gasteiger partial charge in [-0.2, -0.15) is 0 Å². The van der Waals surface area contributed by atoms with E-state index in [-0.39, 0.29) is 20.1 Å². The fraction of sp³-hybridized carbons (Fsp3) is 1.00. The van der Waals surface area contributed by atoms with E-state index in [1.165, 1.54) is 4.55 Å². The molecule has 0 amide bonds. The van der Waals surface area contributed by atoms with Crippen LogP contribution in [0, 0.1) is 0 Å². The number of rotatable bonds is 0. The van der Waals surface area contributed by atoms with Crippen molar-refractivity contribution in [1.29, 1.82) is 0 Å². The van der Waals surface area contributed by atoms with Crippen molar-refractivity contribution in [2.24, 2.45) is 0 Å². The first kappa shape index (κ1) is 2.90. The van der Waals surface area contributed by atoms with Gasteiger partial charge in [0.2, 0.25) is 0 Å². The second kappa shape index (κ2) is 0.825. The molecule has 0 atom stereocenters. The van der Waals surface area contributed by atoms with Crippen molar-refractivity contribution in [3.63, 3.8) is 0 Å². The van der Waals surface area contributed by atoms with E-state index < -0.39 is 0 Å². The van der Waals surface area contributed by atoms with E-state index in [2.05, 4.69) is 8.46 Å². The van der Waals surface area contributed by atoms with Gasteiger partial charge in [-0.1, -0.05) is 0 Å². The quantitative estimate of drug-likeness (QED) is 0.186. The zero-order valence-electron chi connectivity index (χ0n) is 2.59. The first-order valence-corrected chi connectivity index (χ1v) is 5.95. The van der Waals surface area contributed by atoms with Crippen LogP contribution >= 0.6 is 20.1 Å². The summed E-state index contributed by atoms with van der Waals surface area (Å²) in [6.07, 6.45) is 0. The fourth-order valence-electron chi connectivity index (χ4n) is 0.0505. The first-order valence-electron chi connectivity index (χ1n) is 1.19. The molecule has 0 radical (unpaired) electrons. The fourth-order valence-corrected chi connectivity index (χ4v) is 2.27. The minimum atomic E-state index is -0.263. The second-order valence-electron chi connectivity index (χ2n) is 0.857. The minimum absolute atomic E-state index is 0.263. The summed E-state index contributed by atoms with van der Waals surface area (Å²) >= 11 is -0.263. The molecule has 0 spiro atoms. The summed E-state index contributed by atoms with van der Waals surface area (Å²) in [4.78, 5) is 2.32. The number of hydrogen-bond donors (Lipinski definition) is 1. The third-order valence-corrected chi connectivity index (χ3v) is 2.69. The Balaban J connectivity index is 2.17. The molecule has 0 aliphatic carbocycles. The molecule has 1 aliphatic rings. The van der Waals surface area contributed by atoms with Crippen LogP contribution in [0.3, 0.4) is 0 Å². The van der Waals surface area contributed by atoms with Gasteiger partial charge in [-0.25, -0.2) is 0 Å². The molecule has 1 rings (SSSR count). The molecule has 1 N–H and O–H groups in total. The summed E-state index contributed by atoms with van der Waals surface area (Å²) in [5.41, 5.74) is 0. The van der Waals surface area contributed by atoms with Gasteiger partial charge in [-0.15, -0.1) is 0 Å². The van der Waals surface area contributed by atoms with Crippen LogP contribution in [0.15, 0.2) is 0 Å². The normalized spacial score (nSPS) is 30.8. The molecule has 4 heavy (non-hydrogen) atoms. The third kappa shape index (κ3) is 0.564. The van der Waals surface area contributed by atoms with Crippen molar-refractivity contribution < 1.29 is 0 Å². The summed E-state index contributed by atoms with van der Waals surface area (Å²) in [6, 6.07) is 0. The molecule has 1 heterocycles. The topological polar surface area (TPSA) is 21.9 Å². The molecule has 0 aromatic carbocycles. The van der Waals surface area contributed by atoms with Crippen LogP contribution in [-0.4, -0.2) is 9.48 Å². The molecule has 26 valence electrons. The van der Waals surface area contributed by atoms with E-state index in [1.807, 2.05) is 0 Å². The molecule has 2 heteroatoms. The van der Waals surface area contributed by atoms with E-state index in [1.54, 1.807) is 0 Å². The average molecular weight is 171 g/mol. The van der Waals surface area contributed by atoms with Gasteiger partial charge in [0.25, 0.3) is 0 Å². The Labute approximate surface area is 33.5 Å². The summed E-state index contributed by atoms with van der Waals surface area (Å²) in [5.74, 6) is 0. The van der Waals surface area contributed by atoms with Crippen molar-refractivity contribution >= 4 is 20.1 Å². The summed E-state index contributed by atoms with van der Waals surface area (Å²) in [5, 5.41) is 0. The van der Waals surface area contributed by atoms with Crippen LogP contribution in [0.1, 0.15) is 0 Å². The molecule has 0 unspecified atom stereocenters. The van der Waals surface area contributed by atoms with Gasteiger partial charge < -0.3 is 0 Å². The number of halogens is 1. The van der Waals surface area contributed by atoms with Crippen molar-refractivity contribution in [1.82, 2.24) is 3.53 Å². The summed E-state index contributed by atoms with van der Waals surface area (Å²) in [7, 11) is 0. The maximum absolute atomic E-state index is 3.25. The molecule has 1 aliphatic heterocycles. The average Bonchev–Trinajstić information content (AvgIpc) is 1.75. The van der Waals surface area contributed by atoms with Crippen molar-refractivity contribution in [3.05, 3.63) is 0 Å². The molecule has 0 aromatic heterocycles. The molecule has 1 saturated heterocycles. The second-order valence-corrected chi connectivity index (χ2v) is 5.75.